The van der Waals surface area contributed by atoms with Gasteiger partial charge in [0.05, 0.1) is 10.8 Å². The molecule has 2 aromatic carbocycles. The lowest BCUT2D eigenvalue weighted by atomic mass is 9.86. The summed E-state index contributed by atoms with van der Waals surface area (Å²) in [7, 11) is 0. The van der Waals surface area contributed by atoms with E-state index >= 15 is 0 Å². The minimum Gasteiger partial charge on any atom is -0.504 e. The van der Waals surface area contributed by atoms with Crippen molar-refractivity contribution in [1.82, 2.24) is 0 Å². The second kappa shape index (κ2) is 3.99. The average Bonchev–Trinajstić information content (AvgIpc) is 2.54. The lowest BCUT2D eigenvalue weighted by Gasteiger charge is -2.16. The van der Waals surface area contributed by atoms with Crippen molar-refractivity contribution in [2.24, 2.45) is 0 Å². The molecule has 118 valence electrons. The van der Waals surface area contributed by atoms with Gasteiger partial charge in [0.25, 0.3) is 0 Å². The molecule has 0 atom stereocenters. The van der Waals surface area contributed by atoms with E-state index in [2.05, 4.69) is 0 Å². The van der Waals surface area contributed by atoms with Crippen molar-refractivity contribution in [3.05, 3.63) is 53.0 Å². The van der Waals surface area contributed by atoms with E-state index < -0.39 is 55.5 Å². The highest BCUT2D eigenvalue weighted by Gasteiger charge is 2.30. The molecule has 8 heteroatoms. The Labute approximate surface area is 130 Å². The molecule has 0 aliphatic heterocycles. The Kier molecular flexibility index (Phi) is 2.32. The van der Waals surface area contributed by atoms with E-state index in [9.17, 15) is 39.6 Å². The Bertz CT molecular complexity index is 1250. The highest BCUT2D eigenvalue weighted by Crippen LogP contribution is 2.45. The molecule has 0 unspecified atom stereocenters. The Balaban J connectivity index is 2.64. The minimum absolute atomic E-state index is 0.222. The van der Waals surface area contributed by atoms with Crippen molar-refractivity contribution in [3.8, 4) is 34.1 Å². The third-order valence-electron chi connectivity index (χ3n) is 4.17. The first kappa shape index (κ1) is 13.9. The monoisotopic (exact) mass is 326 g/mol. The van der Waals surface area contributed by atoms with Crippen LogP contribution in [0, 0.1) is 0 Å². The molecular formula is C16H6O8. The van der Waals surface area contributed by atoms with Crippen LogP contribution in [0.2, 0.25) is 0 Å². The summed E-state index contributed by atoms with van der Waals surface area (Å²) < 4.78 is 0. The maximum absolute atomic E-state index is 12.3. The molecule has 0 aromatic heterocycles. The Hall–Kier alpha value is -3.68. The van der Waals surface area contributed by atoms with Crippen LogP contribution >= 0.6 is 0 Å². The molecule has 24 heavy (non-hydrogen) atoms. The van der Waals surface area contributed by atoms with Crippen molar-refractivity contribution in [2.45, 2.75) is 0 Å². The zero-order valence-electron chi connectivity index (χ0n) is 11.6. The summed E-state index contributed by atoms with van der Waals surface area (Å²) in [5.74, 6) is -3.47. The fourth-order valence-corrected chi connectivity index (χ4v) is 3.11. The highest BCUT2D eigenvalue weighted by molar-refractivity contribution is 6.15. The average molecular weight is 326 g/mol. The molecule has 0 radical (unpaired) electrons. The molecule has 0 spiro atoms. The van der Waals surface area contributed by atoms with E-state index in [-0.39, 0.29) is 21.9 Å². The molecule has 4 rings (SSSR count). The zero-order chi connectivity index (χ0) is 17.5. The van der Waals surface area contributed by atoms with Crippen LogP contribution in [0.5, 0.6) is 23.0 Å². The molecule has 0 amide bonds. The molecule has 4 N–H and O–H groups in total. The number of aromatic hydroxyl groups is 4. The minimum atomic E-state index is -1.20. The molecular weight excluding hydrogens is 320 g/mol. The van der Waals surface area contributed by atoms with Crippen LogP contribution in [0.25, 0.3) is 32.7 Å². The van der Waals surface area contributed by atoms with Crippen LogP contribution in [0.3, 0.4) is 0 Å². The summed E-state index contributed by atoms with van der Waals surface area (Å²) in [4.78, 5) is 49.0. The van der Waals surface area contributed by atoms with Crippen LogP contribution in [-0.4, -0.2) is 20.4 Å². The smallest absolute Gasteiger partial charge is 0.238 e. The molecule has 0 saturated heterocycles. The number of rotatable bonds is 0. The van der Waals surface area contributed by atoms with Crippen LogP contribution in [0.15, 0.2) is 31.3 Å². The summed E-state index contributed by atoms with van der Waals surface area (Å²) in [6, 6.07) is 1.63. The zero-order valence-corrected chi connectivity index (χ0v) is 11.6. The number of hydrogen-bond acceptors (Lipinski definition) is 8. The van der Waals surface area contributed by atoms with Crippen LogP contribution in [0.1, 0.15) is 0 Å². The van der Waals surface area contributed by atoms with Gasteiger partial charge >= 0.3 is 0 Å². The highest BCUT2D eigenvalue weighted by atomic mass is 16.3. The number of hydrogen-bond donors (Lipinski definition) is 4. The van der Waals surface area contributed by atoms with Gasteiger partial charge < -0.3 is 20.4 Å². The van der Waals surface area contributed by atoms with Gasteiger partial charge in [-0.1, -0.05) is 0 Å². The van der Waals surface area contributed by atoms with E-state index in [1.807, 2.05) is 0 Å². The summed E-state index contributed by atoms with van der Waals surface area (Å²) in [5, 5.41) is 37.3. The maximum atomic E-state index is 12.3. The Morgan fingerprint density at radius 1 is 0.542 bits per heavy atom. The standard InChI is InChI=1S/C16H6O8/c17-5-1-3-7-8-4(12(20)16(24)9(7)13(5)21)2-6(18)14(22)10(8)15(23)11(3)19/h1-2,17-18,21-22H. The Morgan fingerprint density at radius 2 is 0.875 bits per heavy atom. The first-order chi connectivity index (χ1) is 11.3. The van der Waals surface area contributed by atoms with Gasteiger partial charge in [0.15, 0.2) is 23.0 Å². The summed E-state index contributed by atoms with van der Waals surface area (Å²) in [5.41, 5.74) is -5.15. The number of phenolic OH excluding ortho intramolecular Hbond substituents is 4. The summed E-state index contributed by atoms with van der Waals surface area (Å²) in [6.45, 7) is 0. The lowest BCUT2D eigenvalue weighted by Crippen LogP contribution is -2.31. The van der Waals surface area contributed by atoms with Gasteiger partial charge in [-0.15, -0.1) is 0 Å². The van der Waals surface area contributed by atoms with E-state index in [0.29, 0.717) is 0 Å². The molecule has 2 aromatic rings. The Morgan fingerprint density at radius 3 is 1.21 bits per heavy atom. The predicted octanol–water partition coefficient (Wildman–Crippen LogP) is -0.326. The fraction of sp³-hybridized carbons (Fsp3) is 0. The van der Waals surface area contributed by atoms with Gasteiger partial charge in [0.1, 0.15) is 0 Å². The second-order valence-electron chi connectivity index (χ2n) is 5.40. The largest absolute Gasteiger partial charge is 0.504 e. The molecule has 2 aliphatic carbocycles. The quantitative estimate of drug-likeness (QED) is 0.195. The first-order valence-corrected chi connectivity index (χ1v) is 6.62. The second-order valence-corrected chi connectivity index (χ2v) is 5.40. The molecule has 0 saturated carbocycles. The van der Waals surface area contributed by atoms with Gasteiger partial charge in [0.2, 0.25) is 21.7 Å². The van der Waals surface area contributed by atoms with Crippen molar-refractivity contribution in [2.75, 3.05) is 0 Å². The van der Waals surface area contributed by atoms with E-state index in [4.69, 9.17) is 0 Å². The first-order valence-electron chi connectivity index (χ1n) is 6.62. The van der Waals surface area contributed by atoms with Crippen molar-refractivity contribution >= 4 is 21.5 Å². The maximum Gasteiger partial charge on any atom is 0.238 e. The molecule has 0 bridgehead atoms. The third kappa shape index (κ3) is 1.33. The normalized spacial score (nSPS) is 11.8. The van der Waals surface area contributed by atoms with Crippen LogP contribution in [0.4, 0.5) is 0 Å². The van der Waals surface area contributed by atoms with Crippen molar-refractivity contribution in [1.29, 1.82) is 0 Å². The van der Waals surface area contributed by atoms with Gasteiger partial charge in [0, 0.05) is 21.9 Å². The predicted molar refractivity (Wildman–Crippen MR) is 83.4 cm³/mol. The van der Waals surface area contributed by atoms with Gasteiger partial charge in [-0.2, -0.15) is 0 Å². The topological polar surface area (TPSA) is 149 Å². The number of benzene rings is 4. The van der Waals surface area contributed by atoms with Gasteiger partial charge in [-0.3, -0.25) is 19.2 Å². The molecule has 8 nitrogen and oxygen atoms in total. The van der Waals surface area contributed by atoms with Crippen molar-refractivity contribution in [3.63, 3.8) is 0 Å². The van der Waals surface area contributed by atoms with Crippen molar-refractivity contribution < 1.29 is 20.4 Å². The lowest BCUT2D eigenvalue weighted by molar-refractivity contribution is 0.407. The van der Waals surface area contributed by atoms with E-state index in [1.165, 1.54) is 0 Å². The summed E-state index contributed by atoms with van der Waals surface area (Å²) in [6.07, 6.45) is 0. The van der Waals surface area contributed by atoms with Crippen LogP contribution in [-0.2, 0) is 0 Å². The summed E-state index contributed by atoms with van der Waals surface area (Å²) >= 11 is 0. The fourth-order valence-electron chi connectivity index (χ4n) is 3.11. The van der Waals surface area contributed by atoms with Crippen LogP contribution < -0.4 is 21.7 Å². The van der Waals surface area contributed by atoms with E-state index in [1.54, 1.807) is 0 Å². The SMILES string of the molecule is O=c1c(=O)c2c(O)c(O)cc3c2-c2c1cc(O)c(O)c2c(=O)c3=O. The van der Waals surface area contributed by atoms with E-state index in [0.717, 1.165) is 12.1 Å². The molecule has 0 fully saturated rings. The molecule has 2 aliphatic rings. The number of phenols is 4. The van der Waals surface area contributed by atoms with Gasteiger partial charge in [-0.25, -0.2) is 0 Å². The molecule has 0 heterocycles. The third-order valence-corrected chi connectivity index (χ3v) is 4.17. The van der Waals surface area contributed by atoms with Gasteiger partial charge in [-0.05, 0) is 12.1 Å².